The molecule has 2 amide bonds. The zero-order valence-corrected chi connectivity index (χ0v) is 26.4. The Labute approximate surface area is 260 Å². The van der Waals surface area contributed by atoms with E-state index in [9.17, 15) is 18.0 Å². The van der Waals surface area contributed by atoms with Gasteiger partial charge in [-0.1, -0.05) is 87.7 Å². The quantitative estimate of drug-likeness (QED) is 0.213. The van der Waals surface area contributed by atoms with Crippen molar-refractivity contribution in [3.05, 3.63) is 129 Å². The molecule has 0 saturated carbocycles. The Morgan fingerprint density at radius 3 is 2.07 bits per heavy atom. The largest absolute Gasteiger partial charge is 0.357 e. The van der Waals surface area contributed by atoms with Gasteiger partial charge in [0, 0.05) is 29.5 Å². The van der Waals surface area contributed by atoms with E-state index in [0.29, 0.717) is 10.7 Å². The minimum Gasteiger partial charge on any atom is -0.357 e. The van der Waals surface area contributed by atoms with E-state index < -0.39 is 28.5 Å². The van der Waals surface area contributed by atoms with Crippen molar-refractivity contribution in [2.24, 2.45) is 0 Å². The number of anilines is 1. The maximum Gasteiger partial charge on any atom is 0.264 e. The summed E-state index contributed by atoms with van der Waals surface area (Å²) in [5.74, 6) is -0.882. The van der Waals surface area contributed by atoms with Crippen LogP contribution >= 0.6 is 27.5 Å². The van der Waals surface area contributed by atoms with Gasteiger partial charge < -0.3 is 10.2 Å². The van der Waals surface area contributed by atoms with E-state index in [0.717, 1.165) is 25.5 Å². The fourth-order valence-corrected chi connectivity index (χ4v) is 6.29. The van der Waals surface area contributed by atoms with E-state index in [4.69, 9.17) is 11.6 Å². The van der Waals surface area contributed by atoms with Crippen molar-refractivity contribution in [1.82, 2.24) is 10.2 Å². The number of hydrogen-bond acceptors (Lipinski definition) is 4. The standard InChI is InChI=1S/C32H31BrClN3O4S/c1-23-8-16-28(17-9-23)37(42(40,41)29-18-14-27(34)15-19-29)22-31(38)36(21-25-10-12-26(33)13-11-25)30(32(39)35-2)20-24-6-4-3-5-7-24/h3-19,30H,20-22H2,1-2H3,(H,35,39). The zero-order valence-electron chi connectivity index (χ0n) is 23.2. The van der Waals surface area contributed by atoms with Gasteiger partial charge in [0.1, 0.15) is 12.6 Å². The van der Waals surface area contributed by atoms with Crippen LogP contribution in [0.4, 0.5) is 5.69 Å². The normalized spacial score (nSPS) is 11.9. The van der Waals surface area contributed by atoms with E-state index in [1.165, 1.54) is 36.2 Å². The van der Waals surface area contributed by atoms with E-state index in [1.807, 2.05) is 61.5 Å². The fraction of sp³-hybridized carbons (Fsp3) is 0.188. The summed E-state index contributed by atoms with van der Waals surface area (Å²) < 4.78 is 29.9. The zero-order chi connectivity index (χ0) is 30.3. The average molecular weight is 669 g/mol. The molecule has 0 aromatic heterocycles. The predicted octanol–water partition coefficient (Wildman–Crippen LogP) is 5.99. The van der Waals surface area contributed by atoms with Crippen molar-refractivity contribution in [3.8, 4) is 0 Å². The Morgan fingerprint density at radius 2 is 1.48 bits per heavy atom. The van der Waals surface area contributed by atoms with Crippen LogP contribution in [0.1, 0.15) is 16.7 Å². The molecule has 0 aliphatic carbocycles. The molecule has 0 spiro atoms. The maximum atomic E-state index is 14.3. The highest BCUT2D eigenvalue weighted by Crippen LogP contribution is 2.26. The van der Waals surface area contributed by atoms with Gasteiger partial charge in [0.15, 0.2) is 0 Å². The Bertz CT molecular complexity index is 1620. The molecule has 0 aliphatic heterocycles. The second kappa shape index (κ2) is 14.0. The summed E-state index contributed by atoms with van der Waals surface area (Å²) in [5, 5.41) is 3.07. The Morgan fingerprint density at radius 1 is 0.857 bits per heavy atom. The molecule has 4 rings (SSSR count). The van der Waals surface area contributed by atoms with Crippen LogP contribution in [-0.2, 0) is 32.6 Å². The lowest BCUT2D eigenvalue weighted by Crippen LogP contribution is -2.53. The van der Waals surface area contributed by atoms with Crippen molar-refractivity contribution in [2.45, 2.75) is 30.8 Å². The number of amides is 2. The van der Waals surface area contributed by atoms with Crippen LogP contribution in [0.15, 0.2) is 112 Å². The molecular weight excluding hydrogens is 638 g/mol. The first-order chi connectivity index (χ1) is 20.1. The molecule has 1 unspecified atom stereocenters. The van der Waals surface area contributed by atoms with Crippen molar-refractivity contribution in [1.29, 1.82) is 0 Å². The molecule has 0 saturated heterocycles. The van der Waals surface area contributed by atoms with Crippen molar-refractivity contribution < 1.29 is 18.0 Å². The Hall–Kier alpha value is -3.66. The van der Waals surface area contributed by atoms with Crippen LogP contribution < -0.4 is 9.62 Å². The van der Waals surface area contributed by atoms with Gasteiger partial charge in [0.05, 0.1) is 10.6 Å². The first kappa shape index (κ1) is 31.3. The van der Waals surface area contributed by atoms with Gasteiger partial charge >= 0.3 is 0 Å². The van der Waals surface area contributed by atoms with Crippen LogP contribution in [-0.4, -0.2) is 44.8 Å². The van der Waals surface area contributed by atoms with Crippen LogP contribution in [0.5, 0.6) is 0 Å². The topological polar surface area (TPSA) is 86.8 Å². The highest BCUT2D eigenvalue weighted by Gasteiger charge is 2.34. The molecule has 1 atom stereocenters. The van der Waals surface area contributed by atoms with Crippen LogP contribution in [0, 0.1) is 6.92 Å². The third-order valence-electron chi connectivity index (χ3n) is 6.79. The highest BCUT2D eigenvalue weighted by molar-refractivity contribution is 9.10. The van der Waals surface area contributed by atoms with Gasteiger partial charge in [0.2, 0.25) is 11.8 Å². The van der Waals surface area contributed by atoms with Gasteiger partial charge in [0.25, 0.3) is 10.0 Å². The molecule has 7 nitrogen and oxygen atoms in total. The van der Waals surface area contributed by atoms with Gasteiger partial charge in [-0.25, -0.2) is 8.42 Å². The fourth-order valence-electron chi connectivity index (χ4n) is 4.48. The number of rotatable bonds is 11. The molecule has 0 heterocycles. The van der Waals surface area contributed by atoms with E-state index in [2.05, 4.69) is 21.2 Å². The predicted molar refractivity (Wildman–Crippen MR) is 170 cm³/mol. The third-order valence-corrected chi connectivity index (χ3v) is 9.35. The number of carbonyl (C=O) groups excluding carboxylic acids is 2. The minimum absolute atomic E-state index is 0.00753. The van der Waals surface area contributed by atoms with Gasteiger partial charge in [-0.15, -0.1) is 0 Å². The number of carbonyl (C=O) groups is 2. The van der Waals surface area contributed by atoms with E-state index in [1.54, 1.807) is 24.3 Å². The average Bonchev–Trinajstić information content (AvgIpc) is 2.99. The lowest BCUT2D eigenvalue weighted by molar-refractivity contribution is -0.139. The van der Waals surface area contributed by atoms with Crippen LogP contribution in [0.25, 0.3) is 0 Å². The summed E-state index contributed by atoms with van der Waals surface area (Å²) in [7, 11) is -2.66. The summed E-state index contributed by atoms with van der Waals surface area (Å²) >= 11 is 9.46. The highest BCUT2D eigenvalue weighted by atomic mass is 79.9. The van der Waals surface area contributed by atoms with Gasteiger partial charge in [-0.05, 0) is 66.6 Å². The smallest absolute Gasteiger partial charge is 0.264 e. The lowest BCUT2D eigenvalue weighted by atomic mass is 10.0. The number of sulfonamides is 1. The summed E-state index contributed by atoms with van der Waals surface area (Å²) in [6.07, 6.45) is 0.247. The van der Waals surface area contributed by atoms with Crippen LogP contribution in [0.2, 0.25) is 5.02 Å². The van der Waals surface area contributed by atoms with Crippen LogP contribution in [0.3, 0.4) is 0 Å². The number of likely N-dealkylation sites (N-methyl/N-ethyl adjacent to an activating group) is 1. The molecule has 218 valence electrons. The molecule has 10 heteroatoms. The number of halogens is 2. The number of nitrogens with one attached hydrogen (secondary N) is 1. The lowest BCUT2D eigenvalue weighted by Gasteiger charge is -2.33. The van der Waals surface area contributed by atoms with Crippen molar-refractivity contribution in [3.63, 3.8) is 0 Å². The molecule has 4 aromatic rings. The molecule has 0 radical (unpaired) electrons. The maximum absolute atomic E-state index is 14.3. The minimum atomic E-state index is -4.18. The number of aryl methyl sites for hydroxylation is 1. The molecule has 42 heavy (non-hydrogen) atoms. The summed E-state index contributed by atoms with van der Waals surface area (Å²) in [5.41, 5.74) is 2.92. The Kier molecular flexibility index (Phi) is 10.4. The van der Waals surface area contributed by atoms with Gasteiger partial charge in [-0.2, -0.15) is 0 Å². The molecular formula is C32H31BrClN3O4S. The second-order valence-electron chi connectivity index (χ2n) is 9.77. The summed E-state index contributed by atoms with van der Waals surface area (Å²) in [6.45, 7) is 1.47. The number of nitrogens with zero attached hydrogens (tertiary/aromatic N) is 2. The monoisotopic (exact) mass is 667 g/mol. The van der Waals surface area contributed by atoms with E-state index in [-0.39, 0.29) is 23.8 Å². The summed E-state index contributed by atoms with van der Waals surface area (Å²) in [4.78, 5) is 29.0. The molecule has 0 bridgehead atoms. The van der Waals surface area contributed by atoms with Crippen molar-refractivity contribution in [2.75, 3.05) is 17.9 Å². The van der Waals surface area contributed by atoms with Gasteiger partial charge in [-0.3, -0.25) is 13.9 Å². The van der Waals surface area contributed by atoms with Crippen molar-refractivity contribution >= 4 is 55.1 Å². The molecule has 0 fully saturated rings. The summed E-state index contributed by atoms with van der Waals surface area (Å²) in [6, 6.07) is 28.6. The first-order valence-corrected chi connectivity index (χ1v) is 15.8. The number of hydrogen-bond donors (Lipinski definition) is 1. The van der Waals surface area contributed by atoms with E-state index >= 15 is 0 Å². The first-order valence-electron chi connectivity index (χ1n) is 13.2. The Balaban J connectivity index is 1.77. The third kappa shape index (κ3) is 7.79. The molecule has 1 N–H and O–H groups in total. The molecule has 4 aromatic carbocycles. The molecule has 0 aliphatic rings. The second-order valence-corrected chi connectivity index (χ2v) is 13.0. The number of benzene rings is 4. The SMILES string of the molecule is CNC(=O)C(Cc1ccccc1)N(Cc1ccc(Br)cc1)C(=O)CN(c1ccc(C)cc1)S(=O)(=O)c1ccc(Cl)cc1.